The molecule has 0 aliphatic carbocycles. The van der Waals surface area contributed by atoms with E-state index in [2.05, 4.69) is 31.9 Å². The fourth-order valence-electron chi connectivity index (χ4n) is 0.970. The quantitative estimate of drug-likeness (QED) is 0.626. The highest BCUT2D eigenvalue weighted by atomic mass is 79.9. The lowest BCUT2D eigenvalue weighted by molar-refractivity contribution is 0.0670. The lowest BCUT2D eigenvalue weighted by Gasteiger charge is -2.10. The number of phenolic OH excluding ortho intramolecular Hbond substituents is 2. The number of phenols is 2. The van der Waals surface area contributed by atoms with Crippen LogP contribution in [0.4, 0.5) is 13.2 Å². The van der Waals surface area contributed by atoms with E-state index in [4.69, 9.17) is 0 Å². The summed E-state index contributed by atoms with van der Waals surface area (Å²) in [6.07, 6.45) is -3.45. The number of Topliss-reactive ketones (excluding diaryl/α,β-unsaturated/α-hetero) is 1. The molecule has 0 saturated carbocycles. The molecule has 0 saturated heterocycles. The van der Waals surface area contributed by atoms with Crippen LogP contribution in [0.15, 0.2) is 8.95 Å². The monoisotopic (exact) mass is 362 g/mol. The fourth-order valence-corrected chi connectivity index (χ4v) is 2.03. The normalized spacial score (nSPS) is 10.9. The summed E-state index contributed by atoms with van der Waals surface area (Å²) in [5.41, 5.74) is -1.17. The van der Waals surface area contributed by atoms with Crippen LogP contribution in [0, 0.1) is 5.82 Å². The fraction of sp³-hybridized carbons (Fsp3) is 0.125. The van der Waals surface area contributed by atoms with E-state index < -0.39 is 44.0 Å². The number of rotatable bonds is 2. The molecule has 0 bridgehead atoms. The molecule has 0 heterocycles. The molecule has 0 amide bonds. The Morgan fingerprint density at radius 1 is 1.12 bits per heavy atom. The van der Waals surface area contributed by atoms with Crippen molar-refractivity contribution in [3.8, 4) is 11.5 Å². The highest BCUT2D eigenvalue weighted by Crippen LogP contribution is 2.44. The second-order valence-electron chi connectivity index (χ2n) is 2.68. The second kappa shape index (κ2) is 4.62. The van der Waals surface area contributed by atoms with Crippen LogP contribution in [-0.4, -0.2) is 22.4 Å². The van der Waals surface area contributed by atoms with Gasteiger partial charge in [0.1, 0.15) is 15.8 Å². The Morgan fingerprint density at radius 2 is 1.62 bits per heavy atom. The van der Waals surface area contributed by atoms with Crippen LogP contribution >= 0.6 is 31.9 Å². The lowest BCUT2D eigenvalue weighted by Crippen LogP contribution is -2.13. The molecule has 1 rings (SSSR count). The number of carbonyl (C=O) groups is 1. The van der Waals surface area contributed by atoms with Crippen molar-refractivity contribution in [2.45, 2.75) is 6.43 Å². The zero-order chi connectivity index (χ0) is 12.6. The van der Waals surface area contributed by atoms with Gasteiger partial charge in [-0.1, -0.05) is 0 Å². The molecule has 16 heavy (non-hydrogen) atoms. The first kappa shape index (κ1) is 13.3. The van der Waals surface area contributed by atoms with Crippen molar-refractivity contribution in [3.63, 3.8) is 0 Å². The first-order chi connectivity index (χ1) is 7.29. The SMILES string of the molecule is O=C(c1c(O)c(Br)c(O)c(Br)c1F)C(F)F. The van der Waals surface area contributed by atoms with Gasteiger partial charge in [-0.25, -0.2) is 13.2 Å². The molecule has 2 N–H and O–H groups in total. The van der Waals surface area contributed by atoms with Crippen LogP contribution in [0.1, 0.15) is 10.4 Å². The Bertz CT molecular complexity index is 433. The standard InChI is InChI=1S/C8H3Br2F3O3/c9-2-4(11)1(6(15)8(12)13)5(14)3(10)7(2)16/h8,14,16H. The molecule has 0 aliphatic rings. The maximum Gasteiger partial charge on any atom is 0.300 e. The Labute approximate surface area is 104 Å². The van der Waals surface area contributed by atoms with E-state index in [9.17, 15) is 28.2 Å². The van der Waals surface area contributed by atoms with Crippen molar-refractivity contribution in [1.82, 2.24) is 0 Å². The molecular weight excluding hydrogens is 361 g/mol. The second-order valence-corrected chi connectivity index (χ2v) is 4.27. The highest BCUT2D eigenvalue weighted by molar-refractivity contribution is 9.11. The number of alkyl halides is 2. The molecule has 88 valence electrons. The Balaban J connectivity index is 3.58. The van der Waals surface area contributed by atoms with Gasteiger partial charge in [-0.3, -0.25) is 4.79 Å². The van der Waals surface area contributed by atoms with E-state index >= 15 is 0 Å². The number of hydrogen-bond donors (Lipinski definition) is 2. The minimum Gasteiger partial charge on any atom is -0.506 e. The summed E-state index contributed by atoms with van der Waals surface area (Å²) >= 11 is 5.21. The van der Waals surface area contributed by atoms with E-state index in [1.807, 2.05) is 0 Å². The van der Waals surface area contributed by atoms with Gasteiger partial charge in [0, 0.05) is 0 Å². The van der Waals surface area contributed by atoms with E-state index in [-0.39, 0.29) is 0 Å². The molecule has 8 heteroatoms. The molecule has 3 nitrogen and oxygen atoms in total. The number of carbonyl (C=O) groups excluding carboxylic acids is 1. The van der Waals surface area contributed by atoms with Crippen molar-refractivity contribution in [2.75, 3.05) is 0 Å². The summed E-state index contributed by atoms with van der Waals surface area (Å²) in [4.78, 5) is 10.9. The van der Waals surface area contributed by atoms with Gasteiger partial charge < -0.3 is 10.2 Å². The number of halogens is 5. The topological polar surface area (TPSA) is 57.5 Å². The predicted octanol–water partition coefficient (Wildman–Crippen LogP) is 3.21. The Hall–Kier alpha value is -0.760. The van der Waals surface area contributed by atoms with Crippen molar-refractivity contribution in [1.29, 1.82) is 0 Å². The van der Waals surface area contributed by atoms with Gasteiger partial charge in [-0.2, -0.15) is 0 Å². The van der Waals surface area contributed by atoms with Gasteiger partial charge in [0.05, 0.1) is 4.47 Å². The first-order valence-corrected chi connectivity index (χ1v) is 5.28. The first-order valence-electron chi connectivity index (χ1n) is 3.69. The van der Waals surface area contributed by atoms with Gasteiger partial charge in [-0.15, -0.1) is 0 Å². The molecule has 1 aromatic carbocycles. The van der Waals surface area contributed by atoms with Gasteiger partial charge in [0.15, 0.2) is 11.6 Å². The maximum absolute atomic E-state index is 13.4. The van der Waals surface area contributed by atoms with E-state index in [0.29, 0.717) is 0 Å². The molecule has 0 unspecified atom stereocenters. The van der Waals surface area contributed by atoms with Crippen LogP contribution in [-0.2, 0) is 0 Å². The largest absolute Gasteiger partial charge is 0.506 e. The molecular formula is C8H3Br2F3O3. The zero-order valence-corrected chi connectivity index (χ0v) is 10.4. The van der Waals surface area contributed by atoms with E-state index in [1.54, 1.807) is 0 Å². The predicted molar refractivity (Wildman–Crippen MR) is 55.5 cm³/mol. The van der Waals surface area contributed by atoms with Crippen molar-refractivity contribution < 1.29 is 28.2 Å². The molecule has 0 spiro atoms. The summed E-state index contributed by atoms with van der Waals surface area (Å²) in [5.74, 6) is -5.09. The Morgan fingerprint density at radius 3 is 2.06 bits per heavy atom. The summed E-state index contributed by atoms with van der Waals surface area (Å²) < 4.78 is 36.6. The number of benzene rings is 1. The van der Waals surface area contributed by atoms with E-state index in [0.717, 1.165) is 0 Å². The average Bonchev–Trinajstić information content (AvgIpc) is 2.23. The van der Waals surface area contributed by atoms with Crippen molar-refractivity contribution in [3.05, 3.63) is 20.3 Å². The molecule has 0 radical (unpaired) electrons. The van der Waals surface area contributed by atoms with Gasteiger partial charge in [0.2, 0.25) is 5.78 Å². The molecule has 0 atom stereocenters. The molecule has 1 aromatic rings. The van der Waals surface area contributed by atoms with Crippen LogP contribution in [0.2, 0.25) is 0 Å². The van der Waals surface area contributed by atoms with Crippen LogP contribution in [0.3, 0.4) is 0 Å². The third-order valence-electron chi connectivity index (χ3n) is 1.72. The van der Waals surface area contributed by atoms with Gasteiger partial charge in [-0.05, 0) is 31.9 Å². The Kier molecular flexibility index (Phi) is 3.84. The van der Waals surface area contributed by atoms with Crippen molar-refractivity contribution in [2.24, 2.45) is 0 Å². The third-order valence-corrected chi connectivity index (χ3v) is 3.19. The van der Waals surface area contributed by atoms with Crippen molar-refractivity contribution >= 4 is 37.6 Å². The summed E-state index contributed by atoms with van der Waals surface area (Å²) in [6, 6.07) is 0. The van der Waals surface area contributed by atoms with Crippen LogP contribution in [0.5, 0.6) is 11.5 Å². The molecule has 0 fully saturated rings. The molecule has 0 aliphatic heterocycles. The average molecular weight is 364 g/mol. The minimum atomic E-state index is -3.45. The zero-order valence-electron chi connectivity index (χ0n) is 7.27. The van der Waals surface area contributed by atoms with Crippen LogP contribution in [0.25, 0.3) is 0 Å². The summed E-state index contributed by atoms with van der Waals surface area (Å²) in [7, 11) is 0. The van der Waals surface area contributed by atoms with E-state index in [1.165, 1.54) is 0 Å². The summed E-state index contributed by atoms with van der Waals surface area (Å²) in [6.45, 7) is 0. The van der Waals surface area contributed by atoms with Gasteiger partial charge >= 0.3 is 6.43 Å². The van der Waals surface area contributed by atoms with Crippen LogP contribution < -0.4 is 0 Å². The minimum absolute atomic E-state index is 0.440. The summed E-state index contributed by atoms with van der Waals surface area (Å²) in [5, 5.41) is 18.5. The number of aromatic hydroxyl groups is 2. The van der Waals surface area contributed by atoms with Gasteiger partial charge in [0.25, 0.3) is 0 Å². The number of ketones is 1. The third kappa shape index (κ3) is 2.03. The lowest BCUT2D eigenvalue weighted by atomic mass is 10.1. The number of hydrogen-bond acceptors (Lipinski definition) is 3. The highest BCUT2D eigenvalue weighted by Gasteiger charge is 2.30. The molecule has 0 aromatic heterocycles. The smallest absolute Gasteiger partial charge is 0.300 e. The maximum atomic E-state index is 13.4.